The molecule has 8 N–H and O–H groups in total. The fourth-order valence-corrected chi connectivity index (χ4v) is 3.83. The fourth-order valence-electron chi connectivity index (χ4n) is 3.14. The quantitative estimate of drug-likeness (QED) is 0.319. The van der Waals surface area contributed by atoms with Crippen LogP contribution in [0.3, 0.4) is 0 Å². The molecule has 0 aliphatic heterocycles. The maximum Gasteiger partial charge on any atom is 0.0991 e. The van der Waals surface area contributed by atoms with Gasteiger partial charge in [0.2, 0.25) is 0 Å². The molecule has 170 valence electrons. The molecule has 0 aromatic heterocycles. The van der Waals surface area contributed by atoms with Gasteiger partial charge in [0.05, 0.1) is 11.6 Å². The Morgan fingerprint density at radius 1 is 0.656 bits per heavy atom. The number of nitrogens with zero attached hydrogens (tertiary/aromatic N) is 1. The third-order valence-corrected chi connectivity index (χ3v) is 5.63. The highest BCUT2D eigenvalue weighted by Gasteiger charge is 2.00. The molecule has 0 fully saturated rings. The minimum atomic E-state index is 0.585. The molecule has 0 aliphatic rings. The van der Waals surface area contributed by atoms with E-state index in [-0.39, 0.29) is 0 Å². The number of nitrogens with two attached hydrogens (primary N) is 4. The van der Waals surface area contributed by atoms with Crippen LogP contribution in [0.1, 0.15) is 44.5 Å². The van der Waals surface area contributed by atoms with Gasteiger partial charge in [0.1, 0.15) is 0 Å². The third kappa shape index (κ3) is 7.60. The lowest BCUT2D eigenvalue weighted by Crippen LogP contribution is -2.00. The van der Waals surface area contributed by atoms with Crippen LogP contribution in [-0.4, -0.2) is 0 Å². The number of aryl methyl sites for hydroxylation is 6. The van der Waals surface area contributed by atoms with Crippen LogP contribution in [-0.2, 0) is 6.54 Å². The van der Waals surface area contributed by atoms with Gasteiger partial charge in [-0.2, -0.15) is 5.26 Å². The van der Waals surface area contributed by atoms with E-state index in [1.54, 1.807) is 12.1 Å². The van der Waals surface area contributed by atoms with Gasteiger partial charge in [-0.15, -0.1) is 0 Å². The largest absolute Gasteiger partial charge is 0.398 e. The van der Waals surface area contributed by atoms with Gasteiger partial charge in [-0.25, -0.2) is 0 Å². The molecule has 3 aromatic rings. The lowest BCUT2D eigenvalue weighted by Gasteiger charge is -2.06. The van der Waals surface area contributed by atoms with Crippen LogP contribution in [0, 0.1) is 52.9 Å². The molecule has 0 radical (unpaired) electrons. The van der Waals surface area contributed by atoms with Crippen molar-refractivity contribution in [3.05, 3.63) is 85.4 Å². The molecule has 0 atom stereocenters. The van der Waals surface area contributed by atoms with Gasteiger partial charge in [0, 0.05) is 28.1 Å². The first-order chi connectivity index (χ1) is 14.9. The maximum absolute atomic E-state index is 8.59. The van der Waals surface area contributed by atoms with Crippen molar-refractivity contribution in [2.75, 3.05) is 17.2 Å². The summed E-state index contributed by atoms with van der Waals surface area (Å²) < 4.78 is 1.09. The van der Waals surface area contributed by atoms with Gasteiger partial charge in [-0.3, -0.25) is 0 Å². The topological polar surface area (TPSA) is 128 Å². The number of hydrogen-bond acceptors (Lipinski definition) is 5. The molecule has 0 bridgehead atoms. The van der Waals surface area contributed by atoms with Crippen molar-refractivity contribution in [2.24, 2.45) is 5.73 Å². The predicted molar refractivity (Wildman–Crippen MR) is 141 cm³/mol. The van der Waals surface area contributed by atoms with Gasteiger partial charge in [-0.1, -0.05) is 28.1 Å². The number of nitrogen functional groups attached to an aromatic ring is 3. The van der Waals surface area contributed by atoms with Gasteiger partial charge in [0.15, 0.2) is 0 Å². The second-order valence-corrected chi connectivity index (χ2v) is 8.85. The molecule has 32 heavy (non-hydrogen) atoms. The van der Waals surface area contributed by atoms with Crippen LogP contribution < -0.4 is 22.9 Å². The van der Waals surface area contributed by atoms with Gasteiger partial charge < -0.3 is 22.9 Å². The number of halogens is 1. The zero-order valence-corrected chi connectivity index (χ0v) is 21.4. The number of benzene rings is 3. The highest BCUT2D eigenvalue weighted by atomic mass is 79.9. The average molecular weight is 496 g/mol. The number of nitriles is 1. The molecule has 0 aliphatic carbocycles. The van der Waals surface area contributed by atoms with E-state index in [4.69, 9.17) is 28.2 Å². The Bertz CT molecular complexity index is 1060. The Morgan fingerprint density at radius 3 is 1.28 bits per heavy atom. The SMILES string of the molecule is Cc1cc(Br)cc(C)c1N.Cc1cc(C#N)cc(C)c1N.Cc1cc(CN)cc(C)c1N. The van der Waals surface area contributed by atoms with Crippen LogP contribution in [0.15, 0.2) is 40.9 Å². The summed E-state index contributed by atoms with van der Waals surface area (Å²) in [5.41, 5.74) is 33.5. The zero-order chi connectivity index (χ0) is 24.6. The Labute approximate surface area is 200 Å². The minimum Gasteiger partial charge on any atom is -0.398 e. The summed E-state index contributed by atoms with van der Waals surface area (Å²) in [5.74, 6) is 0. The molecular weight excluding hydrogens is 462 g/mol. The Morgan fingerprint density at radius 2 is 0.969 bits per heavy atom. The van der Waals surface area contributed by atoms with Gasteiger partial charge in [-0.05, 0) is 105 Å². The first-order valence-corrected chi connectivity index (χ1v) is 11.0. The van der Waals surface area contributed by atoms with Crippen molar-refractivity contribution < 1.29 is 0 Å². The Balaban J connectivity index is 0.000000240. The van der Waals surface area contributed by atoms with Crippen molar-refractivity contribution in [1.82, 2.24) is 0 Å². The number of anilines is 3. The van der Waals surface area contributed by atoms with E-state index in [2.05, 4.69) is 22.0 Å². The van der Waals surface area contributed by atoms with E-state index in [1.807, 2.05) is 65.8 Å². The summed E-state index contributed by atoms with van der Waals surface area (Å²) in [6.45, 7) is 12.4. The monoisotopic (exact) mass is 495 g/mol. The van der Waals surface area contributed by atoms with Crippen LogP contribution in [0.25, 0.3) is 0 Å². The molecule has 3 rings (SSSR count). The average Bonchev–Trinajstić information content (AvgIpc) is 2.74. The van der Waals surface area contributed by atoms with Crippen molar-refractivity contribution in [1.29, 1.82) is 5.26 Å². The van der Waals surface area contributed by atoms with E-state index in [0.29, 0.717) is 12.1 Å². The second kappa shape index (κ2) is 12.1. The first kappa shape index (κ1) is 27.0. The molecule has 5 nitrogen and oxygen atoms in total. The summed E-state index contributed by atoms with van der Waals surface area (Å²) in [7, 11) is 0. The van der Waals surface area contributed by atoms with Crippen LogP contribution in [0.2, 0.25) is 0 Å². The van der Waals surface area contributed by atoms with E-state index in [1.165, 1.54) is 0 Å². The van der Waals surface area contributed by atoms with Crippen molar-refractivity contribution in [3.63, 3.8) is 0 Å². The third-order valence-electron chi connectivity index (χ3n) is 5.17. The van der Waals surface area contributed by atoms with Crippen LogP contribution in [0.4, 0.5) is 17.1 Å². The Kier molecular flexibility index (Phi) is 10.2. The van der Waals surface area contributed by atoms with Crippen molar-refractivity contribution >= 4 is 33.0 Å². The zero-order valence-electron chi connectivity index (χ0n) is 19.8. The summed E-state index contributed by atoms with van der Waals surface area (Å²) in [4.78, 5) is 0. The fraction of sp³-hybridized carbons (Fsp3) is 0.269. The standard InChI is InChI=1S/C9H14N2.C9H10N2.C8H10BrN/c2*1-6-3-8(5-10)4-7(2)9(6)11;1-5-3-7(9)4-6(2)8(5)10/h3-4H,5,10-11H2,1-2H3;3-4H,11H2,1-2H3;3-4H,10H2,1-2H3. The summed E-state index contributed by atoms with van der Waals surface area (Å²) in [6, 6.07) is 13.8. The predicted octanol–water partition coefficient (Wildman–Crippen LogP) is 5.75. The van der Waals surface area contributed by atoms with Gasteiger partial charge >= 0.3 is 0 Å². The highest BCUT2D eigenvalue weighted by molar-refractivity contribution is 9.10. The molecule has 6 heteroatoms. The smallest absolute Gasteiger partial charge is 0.0991 e. The molecule has 0 heterocycles. The van der Waals surface area contributed by atoms with E-state index in [0.717, 1.165) is 60.5 Å². The summed E-state index contributed by atoms with van der Waals surface area (Å²) in [6.07, 6.45) is 0. The van der Waals surface area contributed by atoms with Gasteiger partial charge in [0.25, 0.3) is 0 Å². The minimum absolute atomic E-state index is 0.585. The highest BCUT2D eigenvalue weighted by Crippen LogP contribution is 2.22. The number of rotatable bonds is 1. The molecular formula is C26H34BrN5. The molecule has 0 amide bonds. The van der Waals surface area contributed by atoms with Crippen molar-refractivity contribution in [3.8, 4) is 6.07 Å². The van der Waals surface area contributed by atoms with E-state index < -0.39 is 0 Å². The molecule has 3 aromatic carbocycles. The lowest BCUT2D eigenvalue weighted by atomic mass is 10.1. The Hall–Kier alpha value is -3.01. The van der Waals surface area contributed by atoms with Crippen LogP contribution in [0.5, 0.6) is 0 Å². The van der Waals surface area contributed by atoms with Crippen molar-refractivity contribution in [2.45, 2.75) is 48.1 Å². The van der Waals surface area contributed by atoms with E-state index in [9.17, 15) is 0 Å². The molecule has 0 saturated heterocycles. The second-order valence-electron chi connectivity index (χ2n) is 7.94. The maximum atomic E-state index is 8.59. The lowest BCUT2D eigenvalue weighted by molar-refractivity contribution is 1.06. The number of hydrogen-bond donors (Lipinski definition) is 4. The molecule has 0 spiro atoms. The summed E-state index contributed by atoms with van der Waals surface area (Å²) in [5, 5.41) is 8.59. The molecule has 0 saturated carbocycles. The van der Waals surface area contributed by atoms with E-state index >= 15 is 0 Å². The normalized spacial score (nSPS) is 9.72. The molecule has 0 unspecified atom stereocenters. The summed E-state index contributed by atoms with van der Waals surface area (Å²) >= 11 is 3.39. The first-order valence-electron chi connectivity index (χ1n) is 10.3. The van der Waals surface area contributed by atoms with Crippen LogP contribution >= 0.6 is 15.9 Å².